The Labute approximate surface area is 205 Å². The van der Waals surface area contributed by atoms with Crippen LogP contribution in [-0.2, 0) is 12.3 Å². The molecule has 1 aliphatic rings. The summed E-state index contributed by atoms with van der Waals surface area (Å²) < 4.78 is 2.02. The number of benzene rings is 2. The molecule has 3 heterocycles. The summed E-state index contributed by atoms with van der Waals surface area (Å²) in [6.45, 7) is 5.65. The third kappa shape index (κ3) is 5.51. The average molecular weight is 471 g/mol. The number of hydrogen-bond acceptors (Lipinski definition) is 4. The van der Waals surface area contributed by atoms with E-state index in [0.29, 0.717) is 11.3 Å². The highest BCUT2D eigenvalue weighted by atomic mass is 32.2. The van der Waals surface area contributed by atoms with E-state index in [-0.39, 0.29) is 5.91 Å². The van der Waals surface area contributed by atoms with Gasteiger partial charge in [-0.3, -0.25) is 9.69 Å². The minimum Gasteiger partial charge on any atom is -0.322 e. The van der Waals surface area contributed by atoms with E-state index in [1.165, 1.54) is 31.5 Å². The van der Waals surface area contributed by atoms with Crippen molar-refractivity contribution >= 4 is 29.0 Å². The predicted octanol–water partition coefficient (Wildman–Crippen LogP) is 6.11. The van der Waals surface area contributed by atoms with Crippen LogP contribution in [0.25, 0.3) is 5.65 Å². The number of carbonyl (C=O) groups excluding carboxylic acids is 1. The van der Waals surface area contributed by atoms with Gasteiger partial charge in [0.2, 0.25) is 0 Å². The Kier molecular flexibility index (Phi) is 6.97. The number of rotatable bonds is 7. The van der Waals surface area contributed by atoms with Gasteiger partial charge in [0.15, 0.2) is 0 Å². The van der Waals surface area contributed by atoms with Crippen molar-refractivity contribution in [1.29, 1.82) is 0 Å². The van der Waals surface area contributed by atoms with E-state index in [1.54, 1.807) is 11.8 Å². The molecule has 0 spiro atoms. The minimum atomic E-state index is -0.0872. The second-order valence-corrected chi connectivity index (χ2v) is 10.1. The summed E-state index contributed by atoms with van der Waals surface area (Å²) in [5.74, 6) is 1.46. The van der Waals surface area contributed by atoms with Crippen LogP contribution in [-0.4, -0.2) is 33.3 Å². The van der Waals surface area contributed by atoms with E-state index >= 15 is 0 Å². The largest absolute Gasteiger partial charge is 0.322 e. The van der Waals surface area contributed by atoms with Crippen LogP contribution in [0.2, 0.25) is 0 Å². The molecule has 5 nitrogen and oxygen atoms in total. The van der Waals surface area contributed by atoms with E-state index in [2.05, 4.69) is 34.3 Å². The van der Waals surface area contributed by atoms with Gasteiger partial charge in [-0.1, -0.05) is 37.3 Å². The quantitative estimate of drug-likeness (QED) is 0.331. The van der Waals surface area contributed by atoms with Crippen molar-refractivity contribution in [2.24, 2.45) is 5.92 Å². The first kappa shape index (κ1) is 22.7. The van der Waals surface area contributed by atoms with Crippen molar-refractivity contribution in [3.63, 3.8) is 0 Å². The zero-order chi connectivity index (χ0) is 23.3. The smallest absolute Gasteiger partial charge is 0.256 e. The van der Waals surface area contributed by atoms with Crippen LogP contribution < -0.4 is 5.32 Å². The van der Waals surface area contributed by atoms with Gasteiger partial charge in [-0.2, -0.15) is 0 Å². The van der Waals surface area contributed by atoms with Crippen molar-refractivity contribution < 1.29 is 4.79 Å². The molecule has 0 bridgehead atoms. The zero-order valence-corrected chi connectivity index (χ0v) is 20.3. The number of anilines is 1. The van der Waals surface area contributed by atoms with Gasteiger partial charge < -0.3 is 9.72 Å². The first-order valence-electron chi connectivity index (χ1n) is 11.9. The molecule has 1 saturated heterocycles. The molecule has 0 aliphatic carbocycles. The highest BCUT2D eigenvalue weighted by Crippen LogP contribution is 2.27. The Hall–Kier alpha value is -3.09. The molecule has 1 fully saturated rings. The van der Waals surface area contributed by atoms with Gasteiger partial charge in [0.25, 0.3) is 5.91 Å². The summed E-state index contributed by atoms with van der Waals surface area (Å²) in [5, 5.41) is 3.07. The Balaban J connectivity index is 1.21. The molecule has 174 valence electrons. The molecule has 2 aromatic heterocycles. The summed E-state index contributed by atoms with van der Waals surface area (Å²) in [6, 6.07) is 22.0. The Bertz CT molecular complexity index is 1230. The monoisotopic (exact) mass is 470 g/mol. The highest BCUT2D eigenvalue weighted by molar-refractivity contribution is 7.98. The number of pyridine rings is 1. The number of thioether (sulfide) groups is 1. The van der Waals surface area contributed by atoms with E-state index in [9.17, 15) is 4.79 Å². The van der Waals surface area contributed by atoms with Gasteiger partial charge in [0.05, 0.1) is 11.3 Å². The van der Waals surface area contributed by atoms with Gasteiger partial charge in [0, 0.05) is 35.3 Å². The summed E-state index contributed by atoms with van der Waals surface area (Å²) in [4.78, 5) is 21.2. The molecule has 6 heteroatoms. The van der Waals surface area contributed by atoms with Gasteiger partial charge in [-0.15, -0.1) is 11.8 Å². The fourth-order valence-electron chi connectivity index (χ4n) is 4.36. The topological polar surface area (TPSA) is 49.6 Å². The molecule has 1 N–H and O–H groups in total. The lowest BCUT2D eigenvalue weighted by atomic mass is 9.99. The fourth-order valence-corrected chi connectivity index (χ4v) is 5.29. The SMILES string of the molecule is CC1CCN(Cc2ccc(NC(=O)c3ccccc3SCc3cn4ccccc4n3)cc2)CC1. The maximum absolute atomic E-state index is 13.1. The summed E-state index contributed by atoms with van der Waals surface area (Å²) in [6.07, 6.45) is 6.60. The average Bonchev–Trinajstić information content (AvgIpc) is 3.29. The van der Waals surface area contributed by atoms with Crippen molar-refractivity contribution in [3.05, 3.63) is 95.9 Å². The number of piperidine rings is 1. The number of nitrogens with one attached hydrogen (secondary N) is 1. The lowest BCUT2D eigenvalue weighted by Crippen LogP contribution is -2.32. The van der Waals surface area contributed by atoms with Crippen LogP contribution in [0.3, 0.4) is 0 Å². The van der Waals surface area contributed by atoms with Crippen molar-refractivity contribution in [1.82, 2.24) is 14.3 Å². The molecule has 0 radical (unpaired) electrons. The second kappa shape index (κ2) is 10.5. The number of imidazole rings is 1. The standard InChI is InChI=1S/C28H30N4OS/c1-21-13-16-31(17-14-21)18-22-9-11-23(12-10-22)30-28(33)25-6-2-3-7-26(25)34-20-24-19-32-15-5-4-8-27(32)29-24/h2-12,15,19,21H,13-14,16-18,20H2,1H3,(H,30,33). The first-order valence-corrected chi connectivity index (χ1v) is 12.9. The third-order valence-electron chi connectivity index (χ3n) is 6.42. The minimum absolute atomic E-state index is 0.0872. The normalized spacial score (nSPS) is 15.0. The second-order valence-electron chi connectivity index (χ2n) is 9.09. The van der Waals surface area contributed by atoms with Crippen molar-refractivity contribution in [2.75, 3.05) is 18.4 Å². The van der Waals surface area contributed by atoms with Crippen LogP contribution >= 0.6 is 11.8 Å². The number of likely N-dealkylation sites (tertiary alicyclic amines) is 1. The van der Waals surface area contributed by atoms with Gasteiger partial charge in [0.1, 0.15) is 5.65 Å². The number of aromatic nitrogens is 2. The number of carbonyl (C=O) groups is 1. The Morgan fingerprint density at radius 3 is 2.59 bits per heavy atom. The van der Waals surface area contributed by atoms with Crippen LogP contribution in [0, 0.1) is 5.92 Å². The third-order valence-corrected chi connectivity index (χ3v) is 7.52. The molecular formula is C28H30N4OS. The Morgan fingerprint density at radius 2 is 1.79 bits per heavy atom. The summed E-state index contributed by atoms with van der Waals surface area (Å²) in [7, 11) is 0. The molecule has 1 aliphatic heterocycles. The van der Waals surface area contributed by atoms with E-state index in [0.717, 1.165) is 34.4 Å². The molecular weight excluding hydrogens is 440 g/mol. The zero-order valence-electron chi connectivity index (χ0n) is 19.5. The maximum Gasteiger partial charge on any atom is 0.256 e. The molecule has 34 heavy (non-hydrogen) atoms. The molecule has 5 rings (SSSR count). The van der Waals surface area contributed by atoms with Crippen molar-refractivity contribution in [3.8, 4) is 0 Å². The molecule has 1 amide bonds. The lowest BCUT2D eigenvalue weighted by Gasteiger charge is -2.30. The van der Waals surface area contributed by atoms with Gasteiger partial charge in [-0.25, -0.2) is 4.98 Å². The number of nitrogens with zero attached hydrogens (tertiary/aromatic N) is 3. The predicted molar refractivity (Wildman–Crippen MR) is 139 cm³/mol. The van der Waals surface area contributed by atoms with Crippen LogP contribution in [0.15, 0.2) is 84.0 Å². The Morgan fingerprint density at radius 1 is 1.03 bits per heavy atom. The van der Waals surface area contributed by atoms with Crippen molar-refractivity contribution in [2.45, 2.75) is 37.0 Å². The number of fused-ring (bicyclic) bond motifs is 1. The van der Waals surface area contributed by atoms with Crippen LogP contribution in [0.5, 0.6) is 0 Å². The molecule has 4 aromatic rings. The summed E-state index contributed by atoms with van der Waals surface area (Å²) in [5.41, 5.74) is 4.72. The maximum atomic E-state index is 13.1. The molecule has 0 unspecified atom stereocenters. The van der Waals surface area contributed by atoms with Gasteiger partial charge >= 0.3 is 0 Å². The summed E-state index contributed by atoms with van der Waals surface area (Å²) >= 11 is 1.63. The molecule has 0 saturated carbocycles. The van der Waals surface area contributed by atoms with E-state index < -0.39 is 0 Å². The molecule has 2 aromatic carbocycles. The highest BCUT2D eigenvalue weighted by Gasteiger charge is 2.16. The fraction of sp³-hybridized carbons (Fsp3) is 0.286. The first-order chi connectivity index (χ1) is 16.6. The van der Waals surface area contributed by atoms with E-state index in [4.69, 9.17) is 0 Å². The van der Waals surface area contributed by atoms with E-state index in [1.807, 2.05) is 71.4 Å². The lowest BCUT2D eigenvalue weighted by molar-refractivity contribution is 0.102. The van der Waals surface area contributed by atoms with Gasteiger partial charge in [-0.05, 0) is 73.8 Å². The number of amides is 1. The number of hydrogen-bond donors (Lipinski definition) is 1. The van der Waals surface area contributed by atoms with Crippen LogP contribution in [0.1, 0.15) is 41.4 Å². The molecule has 0 atom stereocenters. The van der Waals surface area contributed by atoms with Crippen LogP contribution in [0.4, 0.5) is 5.69 Å².